The van der Waals surface area contributed by atoms with E-state index in [1.54, 1.807) is 0 Å². The monoisotopic (exact) mass is 309 g/mol. The van der Waals surface area contributed by atoms with Gasteiger partial charge in [0, 0.05) is 61.3 Å². The molecule has 0 aliphatic rings. The average molecular weight is 307 g/mol. The second-order valence-electron chi connectivity index (χ2n) is 0. The van der Waals surface area contributed by atoms with Crippen molar-refractivity contribution in [2.75, 3.05) is 0 Å². The van der Waals surface area contributed by atoms with Gasteiger partial charge in [-0.05, 0) is 0 Å². The van der Waals surface area contributed by atoms with Crippen molar-refractivity contribution in [3.05, 3.63) is 0 Å². The van der Waals surface area contributed by atoms with E-state index in [4.69, 9.17) is 0 Å². The first-order valence-electron chi connectivity index (χ1n) is 0. The smallest absolute Gasteiger partial charge is 0.187 e. The number of rotatable bonds is 0. The van der Waals surface area contributed by atoms with E-state index in [-0.39, 0.29) is 111 Å². The molecule has 7 heavy (non-hydrogen) atoms. The van der Waals surface area contributed by atoms with E-state index in [0.29, 0.717) is 0 Å². The Morgan fingerprint density at radius 1 is 1.00 bits per heavy atom. The van der Waals surface area contributed by atoms with Crippen LogP contribution in [-0.4, -0.2) is 25.8 Å². The van der Waals surface area contributed by atoms with Crippen LogP contribution in [0.4, 0.5) is 0 Å². The van der Waals surface area contributed by atoms with Crippen LogP contribution in [0, 0.1) is 0 Å². The maximum atomic E-state index is 0. The third-order valence-electron chi connectivity index (χ3n) is 0. The third kappa shape index (κ3) is 44.9. The minimum Gasteiger partial charge on any atom is -0.197 e. The van der Waals surface area contributed by atoms with Crippen LogP contribution >= 0.6 is 23.4 Å². The van der Waals surface area contributed by atoms with Crippen LogP contribution in [0.2, 0.25) is 0 Å². The summed E-state index contributed by atoms with van der Waals surface area (Å²) in [5, 5.41) is 0. The zero-order valence-corrected chi connectivity index (χ0v) is 9.94. The van der Waals surface area contributed by atoms with Crippen LogP contribution < -0.4 is 0 Å². The van der Waals surface area contributed by atoms with Gasteiger partial charge in [0.15, 0.2) is 17.4 Å². The maximum Gasteiger partial charge on any atom is 0.187 e. The van der Waals surface area contributed by atoms with Crippen molar-refractivity contribution >= 4 is 49.2 Å². The topological polar surface area (TPSA) is 0 Å². The van der Waals surface area contributed by atoms with Gasteiger partial charge in [0.1, 0.15) is 0 Å². The summed E-state index contributed by atoms with van der Waals surface area (Å²) in [5.74, 6) is 0. The molecule has 0 spiro atoms. The van der Waals surface area contributed by atoms with Crippen molar-refractivity contribution in [2.24, 2.45) is 0 Å². The Morgan fingerprint density at radius 2 is 1.00 bits per heavy atom. The van der Waals surface area contributed by atoms with Gasteiger partial charge in [0.05, 0.1) is 8.41 Å². The van der Waals surface area contributed by atoms with Crippen molar-refractivity contribution in [3.63, 3.8) is 0 Å². The fourth-order valence-corrected chi connectivity index (χ4v) is 0. The fourth-order valence-electron chi connectivity index (χ4n) is 0. The van der Waals surface area contributed by atoms with Gasteiger partial charge in [-0.1, -0.05) is 0 Å². The van der Waals surface area contributed by atoms with Gasteiger partial charge in [-0.2, -0.15) is 23.4 Å². The average Bonchev–Trinajstić information content (AvgIpc) is 0. The molecule has 0 saturated heterocycles. The molecule has 0 aromatic carbocycles. The quantitative estimate of drug-likeness (QED) is 0.352. The maximum absolute atomic E-state index is 0. The van der Waals surface area contributed by atoms with E-state index in [1.165, 1.54) is 0 Å². The molecule has 0 aliphatic carbocycles. The standard InChI is InChI=1S/Al.BH3.Mo.H3P.H2S.Ti.V.3H/h;1H3;;1H3;1H2;;;;;. The van der Waals surface area contributed by atoms with Crippen LogP contribution in [0.1, 0.15) is 0 Å². The minimum absolute atomic E-state index is 0. The molecule has 0 aromatic rings. The van der Waals surface area contributed by atoms with Crippen LogP contribution in [0.15, 0.2) is 0 Å². The predicted molar refractivity (Wildman–Crippen MR) is 41.4 cm³/mol. The van der Waals surface area contributed by atoms with Crippen molar-refractivity contribution in [1.82, 2.24) is 0 Å². The molecule has 1 atom stereocenters. The molecular formula is H11AlBMoPSTiV. The fraction of sp³-hybridized carbons (Fsp3) is 0. The number of hydrogen-bond acceptors (Lipinski definition) is 0. The molecule has 0 fully saturated rings. The summed E-state index contributed by atoms with van der Waals surface area (Å²) in [6.07, 6.45) is 0. The summed E-state index contributed by atoms with van der Waals surface area (Å²) in [5.41, 5.74) is 0. The molecule has 0 rings (SSSR count). The minimum atomic E-state index is 0. The molecule has 0 nitrogen and oxygen atoms in total. The van der Waals surface area contributed by atoms with Gasteiger partial charge in [0.2, 0.25) is 0 Å². The summed E-state index contributed by atoms with van der Waals surface area (Å²) in [6, 6.07) is 0. The molecule has 0 heterocycles. The summed E-state index contributed by atoms with van der Waals surface area (Å²) in [7, 11) is 0. The summed E-state index contributed by atoms with van der Waals surface area (Å²) < 4.78 is 0. The Morgan fingerprint density at radius 3 is 1.00 bits per heavy atom. The van der Waals surface area contributed by atoms with Crippen LogP contribution in [-0.2, 0) is 61.3 Å². The van der Waals surface area contributed by atoms with Crippen LogP contribution in [0.5, 0.6) is 0 Å². The van der Waals surface area contributed by atoms with Gasteiger partial charge >= 0.3 is 0 Å². The van der Waals surface area contributed by atoms with Gasteiger partial charge in [-0.25, -0.2) is 0 Å². The Labute approximate surface area is 109 Å². The van der Waals surface area contributed by atoms with E-state index in [1.807, 2.05) is 0 Å². The van der Waals surface area contributed by atoms with Gasteiger partial charge in [-0.3, -0.25) is 0 Å². The van der Waals surface area contributed by atoms with Crippen molar-refractivity contribution in [2.45, 2.75) is 0 Å². The third-order valence-corrected chi connectivity index (χ3v) is 0. The molecule has 43 valence electrons. The van der Waals surface area contributed by atoms with E-state index < -0.39 is 0 Å². The summed E-state index contributed by atoms with van der Waals surface area (Å²) >= 11 is 0. The molecule has 0 amide bonds. The van der Waals surface area contributed by atoms with Crippen molar-refractivity contribution in [1.29, 1.82) is 0 Å². The van der Waals surface area contributed by atoms with Crippen molar-refractivity contribution < 1.29 is 61.3 Å². The van der Waals surface area contributed by atoms with E-state index >= 15 is 0 Å². The SMILES string of the molecule is B.P.S.[AlH3].[Mo].[Ti].[V]. The Kier molecular flexibility index (Phi) is 664. The Balaban J connectivity index is 0. The Hall–Kier alpha value is 3.36. The van der Waals surface area contributed by atoms with Gasteiger partial charge in [0.25, 0.3) is 0 Å². The first kappa shape index (κ1) is 80.3. The molecule has 1 radical (unpaired) electrons. The normalized spacial score (nSPS) is 0. The zero-order valence-electron chi connectivity index (χ0n) is 2.56. The second kappa shape index (κ2) is 57.9. The van der Waals surface area contributed by atoms with E-state index in [9.17, 15) is 0 Å². The molecule has 0 bridgehead atoms. The summed E-state index contributed by atoms with van der Waals surface area (Å²) in [4.78, 5) is 0. The van der Waals surface area contributed by atoms with Gasteiger partial charge < -0.3 is 0 Å². The largest absolute Gasteiger partial charge is 0.197 e. The Bertz CT molecular complexity index is 19.7. The van der Waals surface area contributed by atoms with Crippen LogP contribution in [0.25, 0.3) is 0 Å². The molecule has 0 N–H and O–H groups in total. The predicted octanol–water partition coefficient (Wildman–Crippen LogP) is -2.20. The molecule has 0 aliphatic heterocycles. The van der Waals surface area contributed by atoms with E-state index in [0.717, 1.165) is 0 Å². The molecule has 7 heteroatoms. The van der Waals surface area contributed by atoms with Gasteiger partial charge in [-0.15, -0.1) is 0 Å². The van der Waals surface area contributed by atoms with Crippen LogP contribution in [0.3, 0.4) is 0 Å². The zero-order chi connectivity index (χ0) is 0. The summed E-state index contributed by atoms with van der Waals surface area (Å²) in [6.45, 7) is 0. The molecular weight excluding hydrogens is 296 g/mol. The first-order valence-corrected chi connectivity index (χ1v) is 0. The second-order valence-corrected chi connectivity index (χ2v) is 0. The first-order chi connectivity index (χ1) is 0. The molecule has 0 saturated carbocycles. The molecule has 0 aromatic heterocycles. The molecule has 1 unspecified atom stereocenters. The van der Waals surface area contributed by atoms with E-state index in [2.05, 4.69) is 0 Å². The number of hydrogen-bond donors (Lipinski definition) is 0. The van der Waals surface area contributed by atoms with Crippen molar-refractivity contribution in [3.8, 4) is 0 Å².